The van der Waals surface area contributed by atoms with Crippen molar-refractivity contribution in [3.8, 4) is 0 Å². The summed E-state index contributed by atoms with van der Waals surface area (Å²) in [6.07, 6.45) is 2.31. The zero-order chi connectivity index (χ0) is 13.7. The van der Waals surface area contributed by atoms with Crippen LogP contribution in [-0.2, 0) is 16.1 Å². The molecule has 1 N–H and O–H groups in total. The molecule has 0 unspecified atom stereocenters. The second-order valence-corrected chi connectivity index (χ2v) is 5.48. The molecule has 106 valence electrons. The van der Waals surface area contributed by atoms with Gasteiger partial charge < -0.3 is 14.6 Å². The molecule has 0 aliphatic heterocycles. The molecule has 0 heterocycles. The molecule has 1 saturated carbocycles. The van der Waals surface area contributed by atoms with Crippen LogP contribution in [0.4, 0.5) is 0 Å². The van der Waals surface area contributed by atoms with Gasteiger partial charge in [0.25, 0.3) is 0 Å². The minimum atomic E-state index is -0.514. The number of hydrogen-bond donors (Lipinski definition) is 1. The van der Waals surface area contributed by atoms with Gasteiger partial charge >= 0.3 is 0 Å². The number of ether oxygens (including phenoxy) is 2. The minimum Gasteiger partial charge on any atom is -0.388 e. The highest BCUT2D eigenvalue weighted by molar-refractivity contribution is 5.13. The fraction of sp³-hybridized carbons (Fsp3) is 0.625. The van der Waals surface area contributed by atoms with Crippen molar-refractivity contribution in [2.24, 2.45) is 0 Å². The fourth-order valence-corrected chi connectivity index (χ4v) is 2.56. The van der Waals surface area contributed by atoms with Crippen molar-refractivity contribution in [1.29, 1.82) is 0 Å². The van der Waals surface area contributed by atoms with Gasteiger partial charge in [-0.3, -0.25) is 0 Å². The van der Waals surface area contributed by atoms with Gasteiger partial charge in [-0.05, 0) is 38.7 Å². The van der Waals surface area contributed by atoms with E-state index in [0.29, 0.717) is 6.61 Å². The van der Waals surface area contributed by atoms with Crippen molar-refractivity contribution >= 4 is 0 Å². The molecular formula is C16H24O3. The molecule has 1 aromatic rings. The molecule has 0 aromatic heterocycles. The van der Waals surface area contributed by atoms with Crippen LogP contribution in [0.5, 0.6) is 0 Å². The van der Waals surface area contributed by atoms with Gasteiger partial charge in [-0.2, -0.15) is 0 Å². The maximum atomic E-state index is 10.3. The highest BCUT2D eigenvalue weighted by Crippen LogP contribution is 2.25. The molecule has 2 rings (SSSR count). The van der Waals surface area contributed by atoms with Gasteiger partial charge in [0.1, 0.15) is 6.10 Å². The normalized spacial score (nSPS) is 27.7. The minimum absolute atomic E-state index is 0.0884. The molecule has 0 amide bonds. The van der Waals surface area contributed by atoms with E-state index in [0.717, 1.165) is 24.8 Å². The van der Waals surface area contributed by atoms with Gasteiger partial charge in [0, 0.05) is 0 Å². The van der Waals surface area contributed by atoms with Crippen LogP contribution in [0.3, 0.4) is 0 Å². The molecule has 0 saturated heterocycles. The first-order chi connectivity index (χ1) is 9.16. The van der Waals surface area contributed by atoms with Crippen molar-refractivity contribution in [2.45, 2.75) is 64.1 Å². The molecule has 19 heavy (non-hydrogen) atoms. The van der Waals surface area contributed by atoms with E-state index >= 15 is 0 Å². The second kappa shape index (κ2) is 7.04. The zero-order valence-electron chi connectivity index (χ0n) is 11.8. The topological polar surface area (TPSA) is 38.7 Å². The largest absolute Gasteiger partial charge is 0.388 e. The van der Waals surface area contributed by atoms with Crippen molar-refractivity contribution in [2.75, 3.05) is 0 Å². The van der Waals surface area contributed by atoms with Crippen LogP contribution >= 0.6 is 0 Å². The average Bonchev–Trinajstić information content (AvgIpc) is 2.40. The van der Waals surface area contributed by atoms with Crippen LogP contribution in [0.2, 0.25) is 0 Å². The molecule has 1 aromatic carbocycles. The van der Waals surface area contributed by atoms with E-state index in [4.69, 9.17) is 9.47 Å². The third-order valence-corrected chi connectivity index (χ3v) is 3.49. The van der Waals surface area contributed by atoms with E-state index in [9.17, 15) is 5.11 Å². The Hall–Kier alpha value is -0.900. The number of hydrogen-bond acceptors (Lipinski definition) is 3. The molecule has 1 aliphatic rings. The Kier molecular flexibility index (Phi) is 5.37. The Morgan fingerprint density at radius 3 is 2.53 bits per heavy atom. The van der Waals surface area contributed by atoms with E-state index in [1.54, 1.807) is 0 Å². The number of aliphatic hydroxyl groups excluding tert-OH is 1. The summed E-state index contributed by atoms with van der Waals surface area (Å²) in [4.78, 5) is 0. The molecule has 1 aliphatic carbocycles. The van der Waals surface area contributed by atoms with Gasteiger partial charge in [-0.25, -0.2) is 0 Å². The third kappa shape index (κ3) is 4.30. The summed E-state index contributed by atoms with van der Waals surface area (Å²) in [7, 11) is 0. The first-order valence-electron chi connectivity index (χ1n) is 7.16. The van der Waals surface area contributed by atoms with Crippen molar-refractivity contribution in [1.82, 2.24) is 0 Å². The summed E-state index contributed by atoms with van der Waals surface area (Å²) in [6, 6.07) is 10.1. The Morgan fingerprint density at radius 2 is 1.84 bits per heavy atom. The zero-order valence-corrected chi connectivity index (χ0v) is 11.8. The molecule has 0 radical (unpaired) electrons. The van der Waals surface area contributed by atoms with Crippen LogP contribution < -0.4 is 0 Å². The summed E-state index contributed by atoms with van der Waals surface area (Å²) in [5.74, 6) is 0. The third-order valence-electron chi connectivity index (χ3n) is 3.49. The quantitative estimate of drug-likeness (QED) is 0.888. The lowest BCUT2D eigenvalue weighted by Crippen LogP contribution is -2.44. The first-order valence-corrected chi connectivity index (χ1v) is 7.16. The van der Waals surface area contributed by atoms with E-state index in [-0.39, 0.29) is 18.3 Å². The smallest absolute Gasteiger partial charge is 0.106 e. The summed E-state index contributed by atoms with van der Waals surface area (Å²) in [6.45, 7) is 4.55. The van der Waals surface area contributed by atoms with Gasteiger partial charge in [0.05, 0.1) is 24.9 Å². The molecule has 1 fully saturated rings. The SMILES string of the molecule is CC(C)O[C@@H]1CCC[C@@H](OCc2ccccc2)[C@H]1O. The van der Waals surface area contributed by atoms with E-state index in [1.165, 1.54) is 0 Å². The van der Waals surface area contributed by atoms with Gasteiger partial charge in [-0.15, -0.1) is 0 Å². The van der Waals surface area contributed by atoms with Crippen LogP contribution in [-0.4, -0.2) is 29.5 Å². The molecule has 0 bridgehead atoms. The summed E-state index contributed by atoms with van der Waals surface area (Å²) in [5.41, 5.74) is 1.14. The first kappa shape index (κ1) is 14.5. The maximum absolute atomic E-state index is 10.3. The summed E-state index contributed by atoms with van der Waals surface area (Å²) < 4.78 is 11.6. The number of rotatable bonds is 5. The lowest BCUT2D eigenvalue weighted by molar-refractivity contribution is -0.149. The van der Waals surface area contributed by atoms with Gasteiger partial charge in [-0.1, -0.05) is 30.3 Å². The lowest BCUT2D eigenvalue weighted by Gasteiger charge is -2.35. The fourth-order valence-electron chi connectivity index (χ4n) is 2.56. The molecule has 0 spiro atoms. The monoisotopic (exact) mass is 264 g/mol. The molecule has 3 atom stereocenters. The molecular weight excluding hydrogens is 240 g/mol. The highest BCUT2D eigenvalue weighted by Gasteiger charge is 2.33. The summed E-state index contributed by atoms with van der Waals surface area (Å²) >= 11 is 0. The average molecular weight is 264 g/mol. The highest BCUT2D eigenvalue weighted by atomic mass is 16.5. The Bertz CT molecular complexity index is 364. The van der Waals surface area contributed by atoms with Crippen LogP contribution in [0, 0.1) is 0 Å². The van der Waals surface area contributed by atoms with Crippen LogP contribution in [0.1, 0.15) is 38.7 Å². The Balaban J connectivity index is 1.85. The summed E-state index contributed by atoms with van der Waals surface area (Å²) in [5, 5.41) is 10.3. The lowest BCUT2D eigenvalue weighted by atomic mass is 9.91. The van der Waals surface area contributed by atoms with Crippen LogP contribution in [0.25, 0.3) is 0 Å². The van der Waals surface area contributed by atoms with Gasteiger partial charge in [0.15, 0.2) is 0 Å². The number of aliphatic hydroxyl groups is 1. The Morgan fingerprint density at radius 1 is 1.16 bits per heavy atom. The molecule has 3 heteroatoms. The van der Waals surface area contributed by atoms with E-state index in [2.05, 4.69) is 0 Å². The predicted molar refractivity (Wildman–Crippen MR) is 74.9 cm³/mol. The predicted octanol–water partition coefficient (Wildman–Crippen LogP) is 2.91. The Labute approximate surface area is 115 Å². The molecule has 3 nitrogen and oxygen atoms in total. The standard InChI is InChI=1S/C16H24O3/c1-12(2)19-15-10-6-9-14(16(15)17)18-11-13-7-4-3-5-8-13/h3-5,7-8,12,14-17H,6,9-11H2,1-2H3/t14-,15-,16-/m1/s1. The van der Waals surface area contributed by atoms with Crippen molar-refractivity contribution in [3.63, 3.8) is 0 Å². The number of benzene rings is 1. The van der Waals surface area contributed by atoms with E-state index in [1.807, 2.05) is 44.2 Å². The second-order valence-electron chi connectivity index (χ2n) is 5.48. The van der Waals surface area contributed by atoms with Crippen molar-refractivity contribution in [3.05, 3.63) is 35.9 Å². The van der Waals surface area contributed by atoms with Crippen molar-refractivity contribution < 1.29 is 14.6 Å². The van der Waals surface area contributed by atoms with E-state index < -0.39 is 6.10 Å². The van der Waals surface area contributed by atoms with Gasteiger partial charge in [0.2, 0.25) is 0 Å². The maximum Gasteiger partial charge on any atom is 0.106 e. The van der Waals surface area contributed by atoms with Crippen LogP contribution in [0.15, 0.2) is 30.3 Å².